The summed E-state index contributed by atoms with van der Waals surface area (Å²) in [5.74, 6) is 0.166. The molecule has 1 aliphatic rings. The van der Waals surface area contributed by atoms with E-state index in [0.29, 0.717) is 38.2 Å². The van der Waals surface area contributed by atoms with Gasteiger partial charge in [-0.2, -0.15) is 4.31 Å². The van der Waals surface area contributed by atoms with Gasteiger partial charge in [-0.3, -0.25) is 4.79 Å². The number of benzene rings is 1. The van der Waals surface area contributed by atoms with Crippen LogP contribution in [0.2, 0.25) is 0 Å². The zero-order valence-corrected chi connectivity index (χ0v) is 15.6. The SMILES string of the molecule is CCCCS(=O)(=O)N1CCN(C(=O)c2c(C)[nH]c3ccccc23)CC1. The van der Waals surface area contributed by atoms with Gasteiger partial charge in [0.1, 0.15) is 0 Å². The average molecular weight is 363 g/mol. The second kappa shape index (κ2) is 7.17. The van der Waals surface area contributed by atoms with Crippen LogP contribution in [-0.2, 0) is 10.0 Å². The van der Waals surface area contributed by atoms with Crippen molar-refractivity contribution in [3.8, 4) is 0 Å². The summed E-state index contributed by atoms with van der Waals surface area (Å²) in [7, 11) is -3.20. The van der Waals surface area contributed by atoms with Crippen LogP contribution < -0.4 is 0 Å². The van der Waals surface area contributed by atoms with E-state index in [1.54, 1.807) is 4.90 Å². The number of aromatic nitrogens is 1. The predicted molar refractivity (Wildman–Crippen MR) is 99.2 cm³/mol. The fourth-order valence-corrected chi connectivity index (χ4v) is 4.97. The molecule has 1 aromatic carbocycles. The van der Waals surface area contributed by atoms with Crippen molar-refractivity contribution in [2.75, 3.05) is 31.9 Å². The number of nitrogens with zero attached hydrogens (tertiary/aromatic N) is 2. The molecule has 25 heavy (non-hydrogen) atoms. The minimum atomic E-state index is -3.20. The number of piperazine rings is 1. The third-order valence-electron chi connectivity index (χ3n) is 4.78. The second-order valence-corrected chi connectivity index (χ2v) is 8.62. The molecule has 0 radical (unpaired) electrons. The van der Waals surface area contributed by atoms with Gasteiger partial charge in [0.15, 0.2) is 0 Å². The molecule has 2 heterocycles. The molecule has 0 aliphatic carbocycles. The molecule has 0 atom stereocenters. The number of nitrogens with one attached hydrogen (secondary N) is 1. The fourth-order valence-electron chi connectivity index (χ4n) is 3.34. The highest BCUT2D eigenvalue weighted by Crippen LogP contribution is 2.24. The van der Waals surface area contributed by atoms with Crippen molar-refractivity contribution in [2.45, 2.75) is 26.7 Å². The van der Waals surface area contributed by atoms with Gasteiger partial charge < -0.3 is 9.88 Å². The molecule has 136 valence electrons. The molecular weight excluding hydrogens is 338 g/mol. The number of H-pyrrole nitrogens is 1. The van der Waals surface area contributed by atoms with Crippen LogP contribution in [0.25, 0.3) is 10.9 Å². The first-order valence-electron chi connectivity index (χ1n) is 8.78. The van der Waals surface area contributed by atoms with Crippen molar-refractivity contribution < 1.29 is 13.2 Å². The molecule has 1 saturated heterocycles. The molecule has 2 aromatic rings. The van der Waals surface area contributed by atoms with E-state index in [4.69, 9.17) is 0 Å². The summed E-state index contributed by atoms with van der Waals surface area (Å²) in [6.07, 6.45) is 1.54. The Labute approximate surface area is 148 Å². The van der Waals surface area contributed by atoms with Gasteiger partial charge in [0.25, 0.3) is 5.91 Å². The molecule has 0 bridgehead atoms. The van der Waals surface area contributed by atoms with Gasteiger partial charge in [0.05, 0.1) is 11.3 Å². The standard InChI is InChI=1S/C18H25N3O3S/c1-3-4-13-25(23,24)21-11-9-20(10-12-21)18(22)17-14(2)19-16-8-6-5-7-15(16)17/h5-8,19H,3-4,9-13H2,1-2H3. The number of para-hydroxylation sites is 1. The third kappa shape index (κ3) is 3.57. The minimum absolute atomic E-state index is 0.0273. The number of unbranched alkanes of at least 4 members (excludes halogenated alkanes) is 1. The molecule has 0 unspecified atom stereocenters. The first kappa shape index (κ1) is 17.9. The number of aryl methyl sites for hydroxylation is 1. The number of sulfonamides is 1. The monoisotopic (exact) mass is 363 g/mol. The highest BCUT2D eigenvalue weighted by atomic mass is 32.2. The van der Waals surface area contributed by atoms with Crippen LogP contribution in [-0.4, -0.2) is 60.4 Å². The summed E-state index contributed by atoms with van der Waals surface area (Å²) in [4.78, 5) is 18.0. The van der Waals surface area contributed by atoms with E-state index < -0.39 is 10.0 Å². The highest BCUT2D eigenvalue weighted by molar-refractivity contribution is 7.89. The first-order valence-corrected chi connectivity index (χ1v) is 10.4. The van der Waals surface area contributed by atoms with E-state index in [-0.39, 0.29) is 11.7 Å². The van der Waals surface area contributed by atoms with Gasteiger partial charge in [-0.1, -0.05) is 31.5 Å². The van der Waals surface area contributed by atoms with Crippen molar-refractivity contribution >= 4 is 26.8 Å². The van der Waals surface area contributed by atoms with Gasteiger partial charge in [-0.15, -0.1) is 0 Å². The lowest BCUT2D eigenvalue weighted by Crippen LogP contribution is -2.51. The van der Waals surface area contributed by atoms with E-state index in [1.165, 1.54) is 4.31 Å². The van der Waals surface area contributed by atoms with Crippen molar-refractivity contribution in [1.82, 2.24) is 14.2 Å². The van der Waals surface area contributed by atoms with E-state index in [2.05, 4.69) is 4.98 Å². The molecule has 1 amide bonds. The number of hydrogen-bond acceptors (Lipinski definition) is 3. The van der Waals surface area contributed by atoms with Crippen molar-refractivity contribution in [2.24, 2.45) is 0 Å². The molecule has 1 fully saturated rings. The van der Waals surface area contributed by atoms with E-state index in [0.717, 1.165) is 23.0 Å². The summed E-state index contributed by atoms with van der Waals surface area (Å²) >= 11 is 0. The van der Waals surface area contributed by atoms with Crippen LogP contribution in [0, 0.1) is 6.92 Å². The molecule has 6 nitrogen and oxygen atoms in total. The van der Waals surface area contributed by atoms with Crippen LogP contribution in [0.1, 0.15) is 35.8 Å². The molecule has 0 saturated carbocycles. The van der Waals surface area contributed by atoms with Gasteiger partial charge in [-0.05, 0) is 19.4 Å². The van der Waals surface area contributed by atoms with Crippen LogP contribution >= 0.6 is 0 Å². The van der Waals surface area contributed by atoms with E-state index >= 15 is 0 Å². The number of aromatic amines is 1. The molecule has 3 rings (SSSR count). The Bertz CT molecular complexity index is 865. The highest BCUT2D eigenvalue weighted by Gasteiger charge is 2.30. The average Bonchev–Trinajstić information content (AvgIpc) is 2.95. The smallest absolute Gasteiger partial charge is 0.256 e. The van der Waals surface area contributed by atoms with Gasteiger partial charge in [0, 0.05) is 42.8 Å². The quantitative estimate of drug-likeness (QED) is 0.886. The lowest BCUT2D eigenvalue weighted by molar-refractivity contribution is 0.0699. The number of carbonyl (C=O) groups is 1. The van der Waals surface area contributed by atoms with Gasteiger partial charge in [0.2, 0.25) is 10.0 Å². The number of rotatable bonds is 5. The Kier molecular flexibility index (Phi) is 5.15. The summed E-state index contributed by atoms with van der Waals surface area (Å²) in [6, 6.07) is 7.76. The van der Waals surface area contributed by atoms with Gasteiger partial charge in [-0.25, -0.2) is 8.42 Å². The van der Waals surface area contributed by atoms with Crippen LogP contribution in [0.15, 0.2) is 24.3 Å². The Balaban J connectivity index is 1.72. The van der Waals surface area contributed by atoms with Crippen LogP contribution in [0.3, 0.4) is 0 Å². The van der Waals surface area contributed by atoms with Crippen molar-refractivity contribution in [1.29, 1.82) is 0 Å². The van der Waals surface area contributed by atoms with Crippen LogP contribution in [0.4, 0.5) is 0 Å². The Morgan fingerprint density at radius 2 is 1.84 bits per heavy atom. The van der Waals surface area contributed by atoms with Crippen LogP contribution in [0.5, 0.6) is 0 Å². The van der Waals surface area contributed by atoms with Crippen molar-refractivity contribution in [3.63, 3.8) is 0 Å². The number of carbonyl (C=O) groups excluding carboxylic acids is 1. The summed E-state index contributed by atoms with van der Waals surface area (Å²) < 4.78 is 26.1. The zero-order chi connectivity index (χ0) is 18.0. The second-order valence-electron chi connectivity index (χ2n) is 6.53. The third-order valence-corrected chi connectivity index (χ3v) is 6.74. The maximum absolute atomic E-state index is 13.0. The largest absolute Gasteiger partial charge is 0.358 e. The lowest BCUT2D eigenvalue weighted by atomic mass is 10.1. The van der Waals surface area contributed by atoms with Gasteiger partial charge >= 0.3 is 0 Å². The zero-order valence-electron chi connectivity index (χ0n) is 14.8. The maximum atomic E-state index is 13.0. The molecule has 0 spiro atoms. The molecule has 7 heteroatoms. The number of fused-ring (bicyclic) bond motifs is 1. The number of amides is 1. The maximum Gasteiger partial charge on any atom is 0.256 e. The molecule has 1 aromatic heterocycles. The van der Waals surface area contributed by atoms with E-state index in [9.17, 15) is 13.2 Å². The molecule has 1 N–H and O–H groups in total. The summed E-state index contributed by atoms with van der Waals surface area (Å²) in [5, 5.41) is 0.919. The Morgan fingerprint density at radius 3 is 2.52 bits per heavy atom. The first-order chi connectivity index (χ1) is 11.9. The normalized spacial score (nSPS) is 16.5. The Hall–Kier alpha value is -1.86. The Morgan fingerprint density at radius 1 is 1.16 bits per heavy atom. The predicted octanol–water partition coefficient (Wildman–Crippen LogP) is 2.36. The van der Waals surface area contributed by atoms with E-state index in [1.807, 2.05) is 38.1 Å². The molecule has 1 aliphatic heterocycles. The fraction of sp³-hybridized carbons (Fsp3) is 0.500. The lowest BCUT2D eigenvalue weighted by Gasteiger charge is -2.34. The number of hydrogen-bond donors (Lipinski definition) is 1. The minimum Gasteiger partial charge on any atom is -0.358 e. The molecular formula is C18H25N3O3S. The topological polar surface area (TPSA) is 73.5 Å². The summed E-state index contributed by atoms with van der Waals surface area (Å²) in [5.41, 5.74) is 2.49. The van der Waals surface area contributed by atoms with Crippen molar-refractivity contribution in [3.05, 3.63) is 35.5 Å². The summed E-state index contributed by atoms with van der Waals surface area (Å²) in [6.45, 7) is 5.50.